The van der Waals surface area contributed by atoms with Crippen LogP contribution in [0.3, 0.4) is 0 Å². The second-order valence-corrected chi connectivity index (χ2v) is 4.23. The standard InChI is InChI=1S/C12H12ClN3O/c1-7-2-3-15-10(4-7)11(17)9-5-8(13)6-16-12(9)14/h2-6,11,17H,1H3,(H2,14,16). The minimum absolute atomic E-state index is 0.255. The number of aliphatic hydroxyl groups excluding tert-OH is 1. The zero-order valence-electron chi connectivity index (χ0n) is 9.26. The van der Waals surface area contributed by atoms with Gasteiger partial charge in [-0.05, 0) is 30.7 Å². The highest BCUT2D eigenvalue weighted by Crippen LogP contribution is 2.26. The SMILES string of the molecule is Cc1ccnc(C(O)c2cc(Cl)cnc2N)c1. The van der Waals surface area contributed by atoms with Gasteiger partial charge in [-0.3, -0.25) is 4.98 Å². The first-order valence-electron chi connectivity index (χ1n) is 5.09. The van der Waals surface area contributed by atoms with Crippen molar-refractivity contribution in [3.8, 4) is 0 Å². The van der Waals surface area contributed by atoms with Gasteiger partial charge >= 0.3 is 0 Å². The number of rotatable bonds is 2. The molecule has 0 aromatic carbocycles. The molecule has 0 radical (unpaired) electrons. The Morgan fingerprint density at radius 3 is 2.82 bits per heavy atom. The Bertz CT molecular complexity index is 545. The van der Waals surface area contributed by atoms with E-state index >= 15 is 0 Å². The summed E-state index contributed by atoms with van der Waals surface area (Å²) >= 11 is 5.83. The number of pyridine rings is 2. The highest BCUT2D eigenvalue weighted by Gasteiger charge is 2.16. The van der Waals surface area contributed by atoms with Crippen molar-refractivity contribution in [1.82, 2.24) is 9.97 Å². The molecule has 0 bridgehead atoms. The maximum absolute atomic E-state index is 10.2. The fraction of sp³-hybridized carbons (Fsp3) is 0.167. The number of nitrogen functional groups attached to an aromatic ring is 1. The number of nitrogens with zero attached hydrogens (tertiary/aromatic N) is 2. The van der Waals surface area contributed by atoms with Crippen LogP contribution in [0.1, 0.15) is 22.9 Å². The fourth-order valence-corrected chi connectivity index (χ4v) is 1.72. The van der Waals surface area contributed by atoms with Crippen LogP contribution < -0.4 is 5.73 Å². The van der Waals surface area contributed by atoms with Crippen LogP contribution in [0.15, 0.2) is 30.6 Å². The van der Waals surface area contributed by atoms with Gasteiger partial charge in [-0.25, -0.2) is 4.98 Å². The molecule has 1 atom stereocenters. The summed E-state index contributed by atoms with van der Waals surface area (Å²) in [6, 6.07) is 5.25. The van der Waals surface area contributed by atoms with Gasteiger partial charge in [0.15, 0.2) is 0 Å². The molecule has 88 valence electrons. The first-order valence-corrected chi connectivity index (χ1v) is 5.47. The second-order valence-electron chi connectivity index (χ2n) is 3.79. The van der Waals surface area contributed by atoms with Crippen molar-refractivity contribution in [1.29, 1.82) is 0 Å². The van der Waals surface area contributed by atoms with E-state index in [2.05, 4.69) is 9.97 Å². The molecular formula is C12H12ClN3O. The van der Waals surface area contributed by atoms with Crippen molar-refractivity contribution in [2.75, 3.05) is 5.73 Å². The van der Waals surface area contributed by atoms with Crippen molar-refractivity contribution in [2.45, 2.75) is 13.0 Å². The van der Waals surface area contributed by atoms with Crippen LogP contribution in [0.25, 0.3) is 0 Å². The van der Waals surface area contributed by atoms with Crippen LogP contribution in [-0.2, 0) is 0 Å². The Labute approximate surface area is 104 Å². The van der Waals surface area contributed by atoms with Crippen LogP contribution in [0.4, 0.5) is 5.82 Å². The highest BCUT2D eigenvalue weighted by molar-refractivity contribution is 6.30. The van der Waals surface area contributed by atoms with E-state index in [9.17, 15) is 5.11 Å². The van der Waals surface area contributed by atoms with Crippen LogP contribution in [0.2, 0.25) is 5.02 Å². The van der Waals surface area contributed by atoms with E-state index in [-0.39, 0.29) is 5.82 Å². The lowest BCUT2D eigenvalue weighted by Crippen LogP contribution is -2.07. The lowest BCUT2D eigenvalue weighted by atomic mass is 10.1. The largest absolute Gasteiger partial charge is 0.383 e. The summed E-state index contributed by atoms with van der Waals surface area (Å²) in [5.41, 5.74) is 7.72. The Balaban J connectivity index is 2.43. The van der Waals surface area contributed by atoms with E-state index in [1.165, 1.54) is 6.20 Å². The van der Waals surface area contributed by atoms with Gasteiger partial charge in [0.2, 0.25) is 0 Å². The Kier molecular flexibility index (Phi) is 3.26. The van der Waals surface area contributed by atoms with Crippen molar-refractivity contribution >= 4 is 17.4 Å². The molecule has 2 rings (SSSR count). The molecule has 3 N–H and O–H groups in total. The van der Waals surface area contributed by atoms with Gasteiger partial charge in [-0.1, -0.05) is 11.6 Å². The lowest BCUT2D eigenvalue weighted by molar-refractivity contribution is 0.215. The summed E-state index contributed by atoms with van der Waals surface area (Å²) < 4.78 is 0. The van der Waals surface area contributed by atoms with Gasteiger partial charge in [-0.15, -0.1) is 0 Å². The molecule has 0 aliphatic carbocycles. The number of aromatic nitrogens is 2. The number of aryl methyl sites for hydroxylation is 1. The Morgan fingerprint density at radius 2 is 2.12 bits per heavy atom. The number of hydrogen-bond acceptors (Lipinski definition) is 4. The smallest absolute Gasteiger partial charge is 0.129 e. The molecular weight excluding hydrogens is 238 g/mol. The molecule has 1 unspecified atom stereocenters. The Morgan fingerprint density at radius 1 is 1.35 bits per heavy atom. The lowest BCUT2D eigenvalue weighted by Gasteiger charge is -2.12. The molecule has 0 saturated heterocycles. The van der Waals surface area contributed by atoms with Crippen LogP contribution in [0.5, 0.6) is 0 Å². The number of hydrogen-bond donors (Lipinski definition) is 2. The fourth-order valence-electron chi connectivity index (χ4n) is 1.55. The zero-order valence-corrected chi connectivity index (χ0v) is 10.0. The van der Waals surface area contributed by atoms with Crippen molar-refractivity contribution in [2.24, 2.45) is 0 Å². The predicted octanol–water partition coefficient (Wildman–Crippen LogP) is 2.10. The van der Waals surface area contributed by atoms with E-state index in [1.54, 1.807) is 18.3 Å². The summed E-state index contributed by atoms with van der Waals surface area (Å²) in [5.74, 6) is 0.255. The summed E-state index contributed by atoms with van der Waals surface area (Å²) in [6.07, 6.45) is 2.17. The molecule has 0 aliphatic rings. The molecule has 0 saturated carbocycles. The zero-order chi connectivity index (χ0) is 12.4. The topological polar surface area (TPSA) is 72.0 Å². The van der Waals surface area contributed by atoms with E-state index in [4.69, 9.17) is 17.3 Å². The first kappa shape index (κ1) is 11.8. The normalized spacial score (nSPS) is 12.4. The van der Waals surface area contributed by atoms with Gasteiger partial charge in [0.05, 0.1) is 10.7 Å². The number of anilines is 1. The van der Waals surface area contributed by atoms with Crippen molar-refractivity contribution in [3.63, 3.8) is 0 Å². The van der Waals surface area contributed by atoms with Gasteiger partial charge in [0.1, 0.15) is 11.9 Å². The summed E-state index contributed by atoms with van der Waals surface area (Å²) in [5, 5.41) is 10.6. The number of nitrogens with two attached hydrogens (primary N) is 1. The minimum Gasteiger partial charge on any atom is -0.383 e. The summed E-state index contributed by atoms with van der Waals surface area (Å²) in [4.78, 5) is 8.02. The molecule has 0 fully saturated rings. The van der Waals surface area contributed by atoms with Gasteiger partial charge in [-0.2, -0.15) is 0 Å². The molecule has 2 aromatic heterocycles. The Hall–Kier alpha value is -1.65. The average molecular weight is 250 g/mol. The molecule has 0 amide bonds. The quantitative estimate of drug-likeness (QED) is 0.855. The highest BCUT2D eigenvalue weighted by atomic mass is 35.5. The van der Waals surface area contributed by atoms with Crippen LogP contribution >= 0.6 is 11.6 Å². The van der Waals surface area contributed by atoms with Crippen molar-refractivity contribution in [3.05, 3.63) is 52.4 Å². The molecule has 0 aliphatic heterocycles. The van der Waals surface area contributed by atoms with E-state index in [0.717, 1.165) is 5.56 Å². The molecule has 17 heavy (non-hydrogen) atoms. The number of halogens is 1. The molecule has 2 heterocycles. The third-order valence-corrected chi connectivity index (χ3v) is 2.63. The van der Waals surface area contributed by atoms with E-state index in [0.29, 0.717) is 16.3 Å². The second kappa shape index (κ2) is 4.69. The third kappa shape index (κ3) is 2.54. The van der Waals surface area contributed by atoms with Crippen LogP contribution in [-0.4, -0.2) is 15.1 Å². The molecule has 2 aromatic rings. The predicted molar refractivity (Wildman–Crippen MR) is 66.7 cm³/mol. The maximum atomic E-state index is 10.2. The monoisotopic (exact) mass is 249 g/mol. The van der Waals surface area contributed by atoms with Gasteiger partial charge in [0.25, 0.3) is 0 Å². The van der Waals surface area contributed by atoms with Gasteiger partial charge < -0.3 is 10.8 Å². The molecule has 5 heteroatoms. The minimum atomic E-state index is -0.916. The van der Waals surface area contributed by atoms with Gasteiger partial charge in [0, 0.05) is 18.0 Å². The number of aliphatic hydroxyl groups is 1. The molecule has 4 nitrogen and oxygen atoms in total. The van der Waals surface area contributed by atoms with Crippen LogP contribution in [0, 0.1) is 6.92 Å². The third-order valence-electron chi connectivity index (χ3n) is 2.43. The van der Waals surface area contributed by atoms with E-state index < -0.39 is 6.10 Å². The summed E-state index contributed by atoms with van der Waals surface area (Å²) in [7, 11) is 0. The molecule has 0 spiro atoms. The van der Waals surface area contributed by atoms with E-state index in [1.807, 2.05) is 13.0 Å². The summed E-state index contributed by atoms with van der Waals surface area (Å²) in [6.45, 7) is 1.93. The maximum Gasteiger partial charge on any atom is 0.129 e. The average Bonchev–Trinajstić information content (AvgIpc) is 2.31. The first-order chi connectivity index (χ1) is 8.08. The van der Waals surface area contributed by atoms with Crippen molar-refractivity contribution < 1.29 is 5.11 Å².